The molecule has 1 saturated heterocycles. The Morgan fingerprint density at radius 3 is 2.38 bits per heavy atom. The molecule has 1 aliphatic carbocycles. The lowest BCUT2D eigenvalue weighted by Gasteiger charge is -2.37. The first-order valence-corrected chi connectivity index (χ1v) is 11.9. The quantitative estimate of drug-likeness (QED) is 0.517. The molecule has 9 heteroatoms. The molecule has 8 nitrogen and oxygen atoms in total. The Balaban J connectivity index is 1.29. The Labute approximate surface area is 195 Å². The third kappa shape index (κ3) is 7.38. The summed E-state index contributed by atoms with van der Waals surface area (Å²) >= 11 is 5.84. The number of amides is 4. The van der Waals surface area contributed by atoms with Crippen molar-refractivity contribution in [3.63, 3.8) is 0 Å². The van der Waals surface area contributed by atoms with Gasteiger partial charge >= 0.3 is 6.03 Å². The van der Waals surface area contributed by atoms with Gasteiger partial charge in [0.15, 0.2) is 0 Å². The first kappa shape index (κ1) is 24.3. The lowest BCUT2D eigenvalue weighted by Crippen LogP contribution is -2.57. The minimum Gasteiger partial charge on any atom is -0.352 e. The van der Waals surface area contributed by atoms with Crippen molar-refractivity contribution in [2.45, 2.75) is 57.5 Å². The maximum Gasteiger partial charge on any atom is 0.317 e. The third-order valence-corrected chi connectivity index (χ3v) is 6.47. The van der Waals surface area contributed by atoms with Crippen LogP contribution in [0.25, 0.3) is 0 Å². The largest absolute Gasteiger partial charge is 0.352 e. The summed E-state index contributed by atoms with van der Waals surface area (Å²) in [6.45, 7) is 4.91. The highest BCUT2D eigenvalue weighted by Gasteiger charge is 2.29. The van der Waals surface area contributed by atoms with Crippen LogP contribution in [0.1, 0.15) is 45.4 Å². The molecule has 0 aromatic heterocycles. The van der Waals surface area contributed by atoms with Crippen molar-refractivity contribution in [3.8, 4) is 0 Å². The standard InChI is InChI=1S/C23H34ClN5O3/c1-17(22(31)27-19-5-2-3-6-19)28-13-15-29(16-14-28)23(32)25-12-4-7-21(30)26-20-10-8-18(24)9-11-20/h8-11,17,19H,2-7,12-16H2,1H3,(H,25,32)(H,26,30)(H,27,31). The molecule has 0 spiro atoms. The molecule has 176 valence electrons. The van der Waals surface area contributed by atoms with Crippen molar-refractivity contribution in [3.05, 3.63) is 29.3 Å². The number of rotatable bonds is 8. The SMILES string of the molecule is CC(C(=O)NC1CCCC1)N1CCN(C(=O)NCCCC(=O)Nc2ccc(Cl)cc2)CC1. The fourth-order valence-corrected chi connectivity index (χ4v) is 4.31. The highest BCUT2D eigenvalue weighted by Crippen LogP contribution is 2.18. The van der Waals surface area contributed by atoms with Crippen molar-refractivity contribution in [2.24, 2.45) is 0 Å². The summed E-state index contributed by atoms with van der Waals surface area (Å²) in [6.07, 6.45) is 5.43. The Bertz CT molecular complexity index is 774. The molecule has 0 radical (unpaired) electrons. The van der Waals surface area contributed by atoms with E-state index < -0.39 is 0 Å². The number of carbonyl (C=O) groups excluding carboxylic acids is 3. The van der Waals surface area contributed by atoms with Crippen LogP contribution in [0.4, 0.5) is 10.5 Å². The highest BCUT2D eigenvalue weighted by molar-refractivity contribution is 6.30. The molecular weight excluding hydrogens is 430 g/mol. The monoisotopic (exact) mass is 463 g/mol. The van der Waals surface area contributed by atoms with E-state index in [0.717, 1.165) is 12.8 Å². The number of halogens is 1. The number of piperazine rings is 1. The normalized spacial score (nSPS) is 18.2. The predicted molar refractivity (Wildman–Crippen MR) is 126 cm³/mol. The van der Waals surface area contributed by atoms with E-state index in [1.54, 1.807) is 29.2 Å². The van der Waals surface area contributed by atoms with Gasteiger partial charge in [0.25, 0.3) is 0 Å². The number of urea groups is 1. The number of hydrogen-bond donors (Lipinski definition) is 3. The fraction of sp³-hybridized carbons (Fsp3) is 0.609. The maximum atomic E-state index is 12.5. The predicted octanol–water partition coefficient (Wildman–Crippen LogP) is 2.83. The van der Waals surface area contributed by atoms with Gasteiger partial charge in [-0.2, -0.15) is 0 Å². The smallest absolute Gasteiger partial charge is 0.317 e. The summed E-state index contributed by atoms with van der Waals surface area (Å²) in [5, 5.41) is 9.47. The van der Waals surface area contributed by atoms with Gasteiger partial charge in [0.2, 0.25) is 11.8 Å². The number of benzene rings is 1. The van der Waals surface area contributed by atoms with E-state index in [1.807, 2.05) is 6.92 Å². The molecule has 2 aliphatic rings. The second-order valence-electron chi connectivity index (χ2n) is 8.58. The van der Waals surface area contributed by atoms with Crippen molar-refractivity contribution in [1.29, 1.82) is 0 Å². The van der Waals surface area contributed by atoms with E-state index in [4.69, 9.17) is 11.6 Å². The Morgan fingerprint density at radius 1 is 1.06 bits per heavy atom. The van der Waals surface area contributed by atoms with Crippen molar-refractivity contribution < 1.29 is 14.4 Å². The molecule has 32 heavy (non-hydrogen) atoms. The summed E-state index contributed by atoms with van der Waals surface area (Å²) in [4.78, 5) is 40.8. The van der Waals surface area contributed by atoms with Crippen LogP contribution in [0.3, 0.4) is 0 Å². The molecule has 1 aromatic rings. The molecule has 4 amide bonds. The molecular formula is C23H34ClN5O3. The summed E-state index contributed by atoms with van der Waals surface area (Å²) in [6, 6.07) is 6.97. The maximum absolute atomic E-state index is 12.5. The average Bonchev–Trinajstić information content (AvgIpc) is 3.30. The van der Waals surface area contributed by atoms with Gasteiger partial charge in [-0.05, 0) is 50.5 Å². The van der Waals surface area contributed by atoms with Gasteiger partial charge in [-0.1, -0.05) is 24.4 Å². The zero-order chi connectivity index (χ0) is 22.9. The van der Waals surface area contributed by atoms with Crippen molar-refractivity contribution >= 4 is 35.1 Å². The fourth-order valence-electron chi connectivity index (χ4n) is 4.18. The molecule has 1 heterocycles. The molecule has 1 aliphatic heterocycles. The van der Waals surface area contributed by atoms with Gasteiger partial charge in [0, 0.05) is 55.9 Å². The minimum absolute atomic E-state index is 0.0895. The zero-order valence-corrected chi connectivity index (χ0v) is 19.5. The summed E-state index contributed by atoms with van der Waals surface area (Å²) in [5.74, 6) is -0.00766. The molecule has 3 rings (SSSR count). The first-order chi connectivity index (χ1) is 15.4. The van der Waals surface area contributed by atoms with E-state index in [0.29, 0.717) is 62.3 Å². The molecule has 1 aromatic carbocycles. The summed E-state index contributed by atoms with van der Waals surface area (Å²) < 4.78 is 0. The van der Waals surface area contributed by atoms with Gasteiger partial charge in [-0.25, -0.2) is 4.79 Å². The molecule has 0 bridgehead atoms. The van der Waals surface area contributed by atoms with E-state index in [-0.39, 0.29) is 23.9 Å². The third-order valence-electron chi connectivity index (χ3n) is 6.22. The number of nitrogens with zero attached hydrogens (tertiary/aromatic N) is 2. The molecule has 1 saturated carbocycles. The van der Waals surface area contributed by atoms with Crippen LogP contribution in [-0.2, 0) is 9.59 Å². The first-order valence-electron chi connectivity index (χ1n) is 11.5. The van der Waals surface area contributed by atoms with Gasteiger partial charge < -0.3 is 20.9 Å². The minimum atomic E-state index is -0.181. The van der Waals surface area contributed by atoms with Crippen LogP contribution in [0.2, 0.25) is 5.02 Å². The second kappa shape index (κ2) is 12.1. The van der Waals surface area contributed by atoms with E-state index in [2.05, 4.69) is 20.9 Å². The lowest BCUT2D eigenvalue weighted by molar-refractivity contribution is -0.127. The van der Waals surface area contributed by atoms with Gasteiger partial charge in [-0.3, -0.25) is 14.5 Å². The van der Waals surface area contributed by atoms with E-state index in [9.17, 15) is 14.4 Å². The Morgan fingerprint density at radius 2 is 1.72 bits per heavy atom. The van der Waals surface area contributed by atoms with Crippen LogP contribution < -0.4 is 16.0 Å². The Kier molecular flexibility index (Phi) is 9.17. The number of hydrogen-bond acceptors (Lipinski definition) is 4. The van der Waals surface area contributed by atoms with Gasteiger partial charge in [0.1, 0.15) is 0 Å². The van der Waals surface area contributed by atoms with Crippen molar-refractivity contribution in [1.82, 2.24) is 20.4 Å². The van der Waals surface area contributed by atoms with Crippen LogP contribution >= 0.6 is 11.6 Å². The topological polar surface area (TPSA) is 93.8 Å². The number of carbonyl (C=O) groups is 3. The van der Waals surface area contributed by atoms with E-state index >= 15 is 0 Å². The molecule has 3 N–H and O–H groups in total. The lowest BCUT2D eigenvalue weighted by atomic mass is 10.2. The van der Waals surface area contributed by atoms with Crippen LogP contribution in [0.5, 0.6) is 0 Å². The number of nitrogens with one attached hydrogen (secondary N) is 3. The van der Waals surface area contributed by atoms with Crippen LogP contribution in [0.15, 0.2) is 24.3 Å². The summed E-state index contributed by atoms with van der Waals surface area (Å²) in [7, 11) is 0. The molecule has 1 unspecified atom stereocenters. The van der Waals surface area contributed by atoms with Crippen LogP contribution in [0, 0.1) is 0 Å². The molecule has 2 fully saturated rings. The average molecular weight is 464 g/mol. The summed E-state index contributed by atoms with van der Waals surface area (Å²) in [5.41, 5.74) is 0.701. The van der Waals surface area contributed by atoms with Crippen LogP contribution in [-0.4, -0.2) is 72.5 Å². The van der Waals surface area contributed by atoms with Gasteiger partial charge in [-0.15, -0.1) is 0 Å². The van der Waals surface area contributed by atoms with Gasteiger partial charge in [0.05, 0.1) is 6.04 Å². The highest BCUT2D eigenvalue weighted by atomic mass is 35.5. The van der Waals surface area contributed by atoms with Crippen molar-refractivity contribution in [2.75, 3.05) is 38.0 Å². The van der Waals surface area contributed by atoms with E-state index in [1.165, 1.54) is 12.8 Å². The molecule has 1 atom stereocenters. The zero-order valence-electron chi connectivity index (χ0n) is 18.7. The number of anilines is 1. The second-order valence-corrected chi connectivity index (χ2v) is 9.02. The Hall–Kier alpha value is -2.32.